The SMILES string of the molecule is CCC(CC)N(CCOC)c1ccnc(CO)c1. The molecule has 102 valence electrons. The Kier molecular flexibility index (Phi) is 6.68. The van der Waals surface area contributed by atoms with Crippen molar-refractivity contribution in [1.29, 1.82) is 0 Å². The van der Waals surface area contributed by atoms with E-state index in [-0.39, 0.29) is 6.61 Å². The third kappa shape index (κ3) is 3.96. The lowest BCUT2D eigenvalue weighted by Crippen LogP contribution is -2.37. The van der Waals surface area contributed by atoms with Crippen LogP contribution >= 0.6 is 0 Å². The van der Waals surface area contributed by atoms with E-state index in [4.69, 9.17) is 9.84 Å². The fraction of sp³-hybridized carbons (Fsp3) is 0.643. The first-order chi connectivity index (χ1) is 8.76. The molecule has 0 fully saturated rings. The number of hydrogen-bond acceptors (Lipinski definition) is 4. The zero-order valence-electron chi connectivity index (χ0n) is 11.6. The summed E-state index contributed by atoms with van der Waals surface area (Å²) in [6.45, 7) is 5.93. The van der Waals surface area contributed by atoms with Crippen LogP contribution in [-0.2, 0) is 11.3 Å². The van der Waals surface area contributed by atoms with Crippen molar-refractivity contribution >= 4 is 5.69 Å². The van der Waals surface area contributed by atoms with E-state index in [1.165, 1.54) is 0 Å². The molecular weight excluding hydrogens is 228 g/mol. The van der Waals surface area contributed by atoms with Gasteiger partial charge < -0.3 is 14.7 Å². The average molecular weight is 252 g/mol. The molecule has 4 heteroatoms. The Morgan fingerprint density at radius 1 is 1.39 bits per heavy atom. The van der Waals surface area contributed by atoms with Gasteiger partial charge in [0.05, 0.1) is 18.9 Å². The zero-order chi connectivity index (χ0) is 13.4. The van der Waals surface area contributed by atoms with E-state index in [0.717, 1.165) is 25.1 Å². The van der Waals surface area contributed by atoms with Crippen molar-refractivity contribution in [2.24, 2.45) is 0 Å². The summed E-state index contributed by atoms with van der Waals surface area (Å²) in [5.41, 5.74) is 1.82. The van der Waals surface area contributed by atoms with Crippen molar-refractivity contribution in [3.8, 4) is 0 Å². The van der Waals surface area contributed by atoms with Crippen LogP contribution in [0.4, 0.5) is 5.69 Å². The largest absolute Gasteiger partial charge is 0.390 e. The normalized spacial score (nSPS) is 10.9. The van der Waals surface area contributed by atoms with Crippen LogP contribution in [0.15, 0.2) is 18.3 Å². The number of ether oxygens (including phenoxy) is 1. The summed E-state index contributed by atoms with van der Waals surface area (Å²) in [5, 5.41) is 9.17. The number of hydrogen-bond donors (Lipinski definition) is 1. The molecule has 0 radical (unpaired) electrons. The van der Waals surface area contributed by atoms with Crippen LogP contribution in [0.3, 0.4) is 0 Å². The highest BCUT2D eigenvalue weighted by Gasteiger charge is 2.15. The molecular formula is C14H24N2O2. The summed E-state index contributed by atoms with van der Waals surface area (Å²) in [4.78, 5) is 6.46. The first-order valence-corrected chi connectivity index (χ1v) is 6.58. The lowest BCUT2D eigenvalue weighted by atomic mass is 10.1. The number of pyridine rings is 1. The number of nitrogens with zero attached hydrogens (tertiary/aromatic N) is 2. The van der Waals surface area contributed by atoms with Crippen LogP contribution in [0.25, 0.3) is 0 Å². The van der Waals surface area contributed by atoms with Crippen molar-refractivity contribution in [1.82, 2.24) is 4.98 Å². The fourth-order valence-electron chi connectivity index (χ4n) is 2.17. The summed E-state index contributed by atoms with van der Waals surface area (Å²) in [5.74, 6) is 0. The van der Waals surface area contributed by atoms with E-state index in [2.05, 4.69) is 23.7 Å². The molecule has 0 spiro atoms. The standard InChI is InChI=1S/C14H24N2O2/c1-4-13(5-2)16(8-9-18-3)14-6-7-15-12(10-14)11-17/h6-7,10,13,17H,4-5,8-9,11H2,1-3H3. The molecule has 1 N–H and O–H groups in total. The molecule has 18 heavy (non-hydrogen) atoms. The van der Waals surface area contributed by atoms with E-state index in [9.17, 15) is 0 Å². The molecule has 0 atom stereocenters. The lowest BCUT2D eigenvalue weighted by molar-refractivity contribution is 0.202. The Bertz CT molecular complexity index is 340. The van der Waals surface area contributed by atoms with Crippen molar-refractivity contribution < 1.29 is 9.84 Å². The van der Waals surface area contributed by atoms with Gasteiger partial charge in [-0.3, -0.25) is 4.98 Å². The fourth-order valence-corrected chi connectivity index (χ4v) is 2.17. The first-order valence-electron chi connectivity index (χ1n) is 6.58. The molecule has 0 amide bonds. The van der Waals surface area contributed by atoms with Crippen molar-refractivity contribution in [2.75, 3.05) is 25.2 Å². The highest BCUT2D eigenvalue weighted by atomic mass is 16.5. The second-order valence-corrected chi connectivity index (χ2v) is 4.32. The molecule has 1 heterocycles. The average Bonchev–Trinajstić information content (AvgIpc) is 2.43. The molecule has 0 saturated carbocycles. The molecule has 1 rings (SSSR count). The highest BCUT2D eigenvalue weighted by Crippen LogP contribution is 2.20. The van der Waals surface area contributed by atoms with Crippen molar-refractivity contribution in [2.45, 2.75) is 39.3 Å². The first kappa shape index (κ1) is 14.9. The van der Waals surface area contributed by atoms with E-state index in [0.29, 0.717) is 18.3 Å². The maximum absolute atomic E-state index is 9.17. The number of aliphatic hydroxyl groups excluding tert-OH is 1. The highest BCUT2D eigenvalue weighted by molar-refractivity contribution is 5.47. The minimum atomic E-state index is -0.0190. The molecule has 1 aromatic rings. The van der Waals surface area contributed by atoms with Gasteiger partial charge in [0.25, 0.3) is 0 Å². The van der Waals surface area contributed by atoms with Crippen LogP contribution in [0, 0.1) is 0 Å². The topological polar surface area (TPSA) is 45.6 Å². The molecule has 0 saturated heterocycles. The van der Waals surface area contributed by atoms with Gasteiger partial charge >= 0.3 is 0 Å². The molecule has 0 aliphatic carbocycles. The number of aliphatic hydroxyl groups is 1. The van der Waals surface area contributed by atoms with Crippen LogP contribution in [0.5, 0.6) is 0 Å². The van der Waals surface area contributed by atoms with Gasteiger partial charge in [-0.2, -0.15) is 0 Å². The predicted octanol–water partition coefficient (Wildman–Crippen LogP) is 2.22. The number of aromatic nitrogens is 1. The monoisotopic (exact) mass is 252 g/mol. The van der Waals surface area contributed by atoms with Crippen LogP contribution < -0.4 is 4.90 Å². The van der Waals surface area contributed by atoms with Crippen molar-refractivity contribution in [3.63, 3.8) is 0 Å². The molecule has 0 aliphatic heterocycles. The molecule has 0 unspecified atom stereocenters. The number of anilines is 1. The van der Waals surface area contributed by atoms with Gasteiger partial charge in [0, 0.05) is 31.6 Å². The number of rotatable bonds is 8. The minimum absolute atomic E-state index is 0.0190. The van der Waals surface area contributed by atoms with E-state index in [1.54, 1.807) is 13.3 Å². The van der Waals surface area contributed by atoms with Crippen LogP contribution in [-0.4, -0.2) is 36.4 Å². The Hall–Kier alpha value is -1.13. The van der Waals surface area contributed by atoms with Crippen LogP contribution in [0.1, 0.15) is 32.4 Å². The maximum atomic E-state index is 9.17. The molecule has 0 aromatic carbocycles. The summed E-state index contributed by atoms with van der Waals surface area (Å²) in [7, 11) is 1.72. The molecule has 4 nitrogen and oxygen atoms in total. The summed E-state index contributed by atoms with van der Waals surface area (Å²) in [6, 6.07) is 4.44. The quantitative estimate of drug-likeness (QED) is 0.770. The van der Waals surface area contributed by atoms with E-state index >= 15 is 0 Å². The Morgan fingerprint density at radius 3 is 2.67 bits per heavy atom. The smallest absolute Gasteiger partial charge is 0.0853 e. The van der Waals surface area contributed by atoms with Gasteiger partial charge in [0.1, 0.15) is 0 Å². The van der Waals surface area contributed by atoms with Gasteiger partial charge in [0.2, 0.25) is 0 Å². The summed E-state index contributed by atoms with van der Waals surface area (Å²) in [6.07, 6.45) is 3.94. The summed E-state index contributed by atoms with van der Waals surface area (Å²) >= 11 is 0. The third-order valence-electron chi connectivity index (χ3n) is 3.21. The van der Waals surface area contributed by atoms with Gasteiger partial charge in [0.15, 0.2) is 0 Å². The van der Waals surface area contributed by atoms with E-state index in [1.807, 2.05) is 12.1 Å². The Morgan fingerprint density at radius 2 is 2.11 bits per heavy atom. The molecule has 0 aliphatic rings. The zero-order valence-corrected chi connectivity index (χ0v) is 11.6. The van der Waals surface area contributed by atoms with Crippen molar-refractivity contribution in [3.05, 3.63) is 24.0 Å². The van der Waals surface area contributed by atoms with Gasteiger partial charge in [-0.25, -0.2) is 0 Å². The van der Waals surface area contributed by atoms with Crippen LogP contribution in [0.2, 0.25) is 0 Å². The maximum Gasteiger partial charge on any atom is 0.0853 e. The summed E-state index contributed by atoms with van der Waals surface area (Å²) < 4.78 is 5.18. The van der Waals surface area contributed by atoms with E-state index < -0.39 is 0 Å². The second kappa shape index (κ2) is 8.06. The molecule has 0 bridgehead atoms. The number of methoxy groups -OCH3 is 1. The molecule has 1 aromatic heterocycles. The van der Waals surface area contributed by atoms with Gasteiger partial charge in [-0.1, -0.05) is 13.8 Å². The minimum Gasteiger partial charge on any atom is -0.390 e. The van der Waals surface area contributed by atoms with Gasteiger partial charge in [-0.15, -0.1) is 0 Å². The third-order valence-corrected chi connectivity index (χ3v) is 3.21. The Labute approximate surface area is 110 Å². The second-order valence-electron chi connectivity index (χ2n) is 4.32. The Balaban J connectivity index is 2.92. The van der Waals surface area contributed by atoms with Gasteiger partial charge in [-0.05, 0) is 25.0 Å². The lowest BCUT2D eigenvalue weighted by Gasteiger charge is -2.32. The predicted molar refractivity (Wildman–Crippen MR) is 73.8 cm³/mol.